The van der Waals surface area contributed by atoms with Crippen molar-refractivity contribution in [3.05, 3.63) is 60.5 Å². The van der Waals surface area contributed by atoms with Crippen LogP contribution in [0, 0.1) is 0 Å². The van der Waals surface area contributed by atoms with Crippen molar-refractivity contribution in [1.29, 1.82) is 0 Å². The monoisotopic (exact) mass is 281 g/mol. The molecule has 0 bridgehead atoms. The Balaban J connectivity index is 1.67. The maximum absolute atomic E-state index is 11.9. The van der Waals surface area contributed by atoms with Gasteiger partial charge < -0.3 is 9.84 Å². The number of aromatic nitrogens is 4. The van der Waals surface area contributed by atoms with Crippen molar-refractivity contribution in [3.8, 4) is 11.4 Å². The number of pyridine rings is 1. The maximum atomic E-state index is 11.9. The lowest BCUT2D eigenvalue weighted by molar-refractivity contribution is 0.0949. The van der Waals surface area contributed by atoms with Gasteiger partial charge in [-0.2, -0.15) is 0 Å². The molecule has 1 N–H and O–H groups in total. The van der Waals surface area contributed by atoms with Gasteiger partial charge in [0.1, 0.15) is 12.0 Å². The Labute approximate surface area is 120 Å². The molecule has 0 aliphatic rings. The highest BCUT2D eigenvalue weighted by Crippen LogP contribution is 2.12. The molecule has 3 aromatic heterocycles. The normalized spacial score (nSPS) is 10.3. The first-order valence-electron chi connectivity index (χ1n) is 6.23. The fraction of sp³-hybridized carbons (Fsp3) is 0.0714. The van der Waals surface area contributed by atoms with Gasteiger partial charge >= 0.3 is 0 Å². The Bertz CT molecular complexity index is 711. The van der Waals surface area contributed by atoms with Crippen LogP contribution in [0.5, 0.6) is 0 Å². The number of rotatable bonds is 4. The van der Waals surface area contributed by atoms with Crippen LogP contribution in [0.4, 0.5) is 0 Å². The summed E-state index contributed by atoms with van der Waals surface area (Å²) >= 11 is 0. The lowest BCUT2D eigenvalue weighted by atomic mass is 10.2. The molecular formula is C14H11N5O2. The molecule has 0 aliphatic heterocycles. The standard InChI is InChI=1S/C14H11N5O2/c20-14(18-9-12-3-6-21-19-12)11-7-16-13(17-8-11)10-1-4-15-5-2-10/h1-8H,9H2,(H,18,20). The predicted molar refractivity (Wildman–Crippen MR) is 72.9 cm³/mol. The Morgan fingerprint density at radius 3 is 2.57 bits per heavy atom. The molecule has 104 valence electrons. The summed E-state index contributed by atoms with van der Waals surface area (Å²) in [5.41, 5.74) is 1.88. The largest absolute Gasteiger partial charge is 0.364 e. The predicted octanol–water partition coefficient (Wildman–Crippen LogP) is 1.46. The van der Waals surface area contributed by atoms with Crippen LogP contribution >= 0.6 is 0 Å². The number of hydrogen-bond acceptors (Lipinski definition) is 6. The SMILES string of the molecule is O=C(NCc1ccon1)c1cnc(-c2ccncc2)nc1. The molecule has 0 atom stereocenters. The molecule has 3 aromatic rings. The van der Waals surface area contributed by atoms with Crippen LogP contribution in [0.15, 0.2) is 53.8 Å². The van der Waals surface area contributed by atoms with Gasteiger partial charge in [0.2, 0.25) is 0 Å². The van der Waals surface area contributed by atoms with Crippen LogP contribution in [0.1, 0.15) is 16.1 Å². The number of carbonyl (C=O) groups excluding carboxylic acids is 1. The zero-order valence-corrected chi connectivity index (χ0v) is 10.9. The van der Waals surface area contributed by atoms with Crippen molar-refractivity contribution in [2.75, 3.05) is 0 Å². The average molecular weight is 281 g/mol. The van der Waals surface area contributed by atoms with Gasteiger partial charge in [-0.3, -0.25) is 9.78 Å². The van der Waals surface area contributed by atoms with Crippen molar-refractivity contribution in [1.82, 2.24) is 25.4 Å². The van der Waals surface area contributed by atoms with Crippen LogP contribution in [-0.4, -0.2) is 26.0 Å². The first-order valence-corrected chi connectivity index (χ1v) is 6.23. The summed E-state index contributed by atoms with van der Waals surface area (Å²) in [6, 6.07) is 5.29. The van der Waals surface area contributed by atoms with Gasteiger partial charge in [-0.25, -0.2) is 9.97 Å². The highest BCUT2D eigenvalue weighted by atomic mass is 16.5. The molecule has 7 nitrogen and oxygen atoms in total. The van der Waals surface area contributed by atoms with E-state index >= 15 is 0 Å². The molecule has 0 aliphatic carbocycles. The number of carbonyl (C=O) groups is 1. The minimum Gasteiger partial charge on any atom is -0.364 e. The summed E-state index contributed by atoms with van der Waals surface area (Å²) in [5.74, 6) is 0.282. The van der Waals surface area contributed by atoms with Crippen LogP contribution in [0.2, 0.25) is 0 Å². The quantitative estimate of drug-likeness (QED) is 0.778. The smallest absolute Gasteiger partial charge is 0.254 e. The van der Waals surface area contributed by atoms with Gasteiger partial charge in [0, 0.05) is 36.4 Å². The Morgan fingerprint density at radius 2 is 1.90 bits per heavy atom. The van der Waals surface area contributed by atoms with E-state index in [-0.39, 0.29) is 5.91 Å². The van der Waals surface area contributed by atoms with Crippen molar-refractivity contribution in [2.45, 2.75) is 6.54 Å². The number of nitrogens with zero attached hydrogens (tertiary/aromatic N) is 4. The maximum Gasteiger partial charge on any atom is 0.254 e. The molecule has 7 heteroatoms. The second kappa shape index (κ2) is 5.91. The Kier molecular flexibility index (Phi) is 3.64. The van der Waals surface area contributed by atoms with E-state index < -0.39 is 0 Å². The number of hydrogen-bond donors (Lipinski definition) is 1. The summed E-state index contributed by atoms with van der Waals surface area (Å²) in [7, 11) is 0. The van der Waals surface area contributed by atoms with Gasteiger partial charge in [-0.15, -0.1) is 0 Å². The highest BCUT2D eigenvalue weighted by Gasteiger charge is 2.08. The third-order valence-electron chi connectivity index (χ3n) is 2.77. The van der Waals surface area contributed by atoms with E-state index in [1.165, 1.54) is 18.7 Å². The molecule has 0 aromatic carbocycles. The van der Waals surface area contributed by atoms with Gasteiger partial charge in [0.15, 0.2) is 5.82 Å². The van der Waals surface area contributed by atoms with E-state index in [9.17, 15) is 4.79 Å². The Morgan fingerprint density at radius 1 is 1.14 bits per heavy atom. The van der Waals surface area contributed by atoms with Crippen LogP contribution < -0.4 is 5.32 Å². The molecular weight excluding hydrogens is 270 g/mol. The number of amides is 1. The van der Waals surface area contributed by atoms with Gasteiger partial charge in [0.25, 0.3) is 5.91 Å². The summed E-state index contributed by atoms with van der Waals surface area (Å²) in [6.07, 6.45) is 7.75. The number of nitrogens with one attached hydrogen (secondary N) is 1. The van der Waals surface area contributed by atoms with Crippen molar-refractivity contribution in [3.63, 3.8) is 0 Å². The summed E-state index contributed by atoms with van der Waals surface area (Å²) in [4.78, 5) is 24.2. The fourth-order valence-corrected chi connectivity index (χ4v) is 1.70. The summed E-state index contributed by atoms with van der Waals surface area (Å²) < 4.78 is 4.69. The van der Waals surface area contributed by atoms with Crippen LogP contribution in [0.25, 0.3) is 11.4 Å². The molecule has 0 saturated heterocycles. The summed E-state index contributed by atoms with van der Waals surface area (Å²) in [6.45, 7) is 0.293. The second-order valence-corrected chi connectivity index (χ2v) is 4.20. The van der Waals surface area contributed by atoms with Crippen molar-refractivity contribution >= 4 is 5.91 Å². The fourth-order valence-electron chi connectivity index (χ4n) is 1.70. The topological polar surface area (TPSA) is 93.8 Å². The van der Waals surface area contributed by atoms with E-state index in [1.807, 2.05) is 0 Å². The lowest BCUT2D eigenvalue weighted by Gasteiger charge is -2.03. The van der Waals surface area contributed by atoms with E-state index in [0.717, 1.165) is 5.56 Å². The van der Waals surface area contributed by atoms with E-state index in [2.05, 4.69) is 29.9 Å². The third kappa shape index (κ3) is 3.08. The zero-order chi connectivity index (χ0) is 14.5. The highest BCUT2D eigenvalue weighted by molar-refractivity contribution is 5.93. The van der Waals surface area contributed by atoms with Gasteiger partial charge in [-0.1, -0.05) is 5.16 Å². The first-order chi connectivity index (χ1) is 10.3. The second-order valence-electron chi connectivity index (χ2n) is 4.20. The minimum atomic E-state index is -0.265. The van der Waals surface area contributed by atoms with Crippen molar-refractivity contribution < 1.29 is 9.32 Å². The molecule has 0 fully saturated rings. The lowest BCUT2D eigenvalue weighted by Crippen LogP contribution is -2.23. The van der Waals surface area contributed by atoms with E-state index in [1.54, 1.807) is 30.6 Å². The molecule has 3 rings (SSSR count). The van der Waals surface area contributed by atoms with Crippen molar-refractivity contribution in [2.24, 2.45) is 0 Å². The van der Waals surface area contributed by atoms with Gasteiger partial charge in [0.05, 0.1) is 12.1 Å². The molecule has 0 saturated carbocycles. The Hall–Kier alpha value is -3.09. The van der Waals surface area contributed by atoms with E-state index in [0.29, 0.717) is 23.6 Å². The molecule has 0 unspecified atom stereocenters. The van der Waals surface area contributed by atoms with Crippen LogP contribution in [-0.2, 0) is 6.54 Å². The molecule has 3 heterocycles. The van der Waals surface area contributed by atoms with Gasteiger partial charge in [-0.05, 0) is 12.1 Å². The molecule has 0 radical (unpaired) electrons. The van der Waals surface area contributed by atoms with E-state index in [4.69, 9.17) is 0 Å². The molecule has 21 heavy (non-hydrogen) atoms. The molecule has 1 amide bonds. The summed E-state index contributed by atoms with van der Waals surface area (Å²) in [5, 5.41) is 6.42. The van der Waals surface area contributed by atoms with Crippen LogP contribution in [0.3, 0.4) is 0 Å². The first kappa shape index (κ1) is 12.9. The minimum absolute atomic E-state index is 0.265. The third-order valence-corrected chi connectivity index (χ3v) is 2.77. The average Bonchev–Trinajstić information content (AvgIpc) is 3.07. The molecule has 0 spiro atoms. The zero-order valence-electron chi connectivity index (χ0n) is 10.9.